The fourth-order valence-electron chi connectivity index (χ4n) is 2.01. The second-order valence-electron chi connectivity index (χ2n) is 3.92. The van der Waals surface area contributed by atoms with Crippen molar-refractivity contribution in [2.75, 3.05) is 13.6 Å². The zero-order chi connectivity index (χ0) is 10.1. The van der Waals surface area contributed by atoms with Gasteiger partial charge in [-0.05, 0) is 36.7 Å². The van der Waals surface area contributed by atoms with Crippen LogP contribution in [-0.4, -0.2) is 24.5 Å². The quantitative estimate of drug-likeness (QED) is 0.726. The van der Waals surface area contributed by atoms with Crippen LogP contribution >= 0.6 is 0 Å². The van der Waals surface area contributed by atoms with Gasteiger partial charge >= 0.3 is 0 Å². The molecule has 2 rings (SSSR count). The van der Waals surface area contributed by atoms with Crippen molar-refractivity contribution in [1.29, 1.82) is 0 Å². The first-order chi connectivity index (χ1) is 6.70. The summed E-state index contributed by atoms with van der Waals surface area (Å²) >= 11 is 0. The molecule has 0 saturated heterocycles. The Morgan fingerprint density at radius 1 is 1.50 bits per heavy atom. The zero-order valence-corrected chi connectivity index (χ0v) is 8.33. The highest BCUT2D eigenvalue weighted by Crippen LogP contribution is 2.22. The van der Waals surface area contributed by atoms with Gasteiger partial charge in [0.05, 0.1) is 0 Å². The van der Waals surface area contributed by atoms with Crippen molar-refractivity contribution in [2.24, 2.45) is 5.73 Å². The molecule has 76 valence electrons. The van der Waals surface area contributed by atoms with Gasteiger partial charge in [0.1, 0.15) is 5.82 Å². The summed E-state index contributed by atoms with van der Waals surface area (Å²) in [5, 5.41) is 0. The van der Waals surface area contributed by atoms with E-state index in [4.69, 9.17) is 5.73 Å². The number of benzene rings is 1. The summed E-state index contributed by atoms with van der Waals surface area (Å²) in [4.78, 5) is 2.22. The van der Waals surface area contributed by atoms with Crippen LogP contribution in [-0.2, 0) is 13.0 Å². The van der Waals surface area contributed by atoms with Gasteiger partial charge in [-0.2, -0.15) is 0 Å². The molecule has 0 unspecified atom stereocenters. The molecule has 1 aliphatic rings. The Bertz CT molecular complexity index is 338. The molecule has 2 nitrogen and oxygen atoms in total. The number of hydrogen-bond acceptors (Lipinski definition) is 2. The van der Waals surface area contributed by atoms with Gasteiger partial charge in [-0.15, -0.1) is 0 Å². The highest BCUT2D eigenvalue weighted by atomic mass is 19.1. The van der Waals surface area contributed by atoms with Crippen LogP contribution in [0, 0.1) is 5.82 Å². The summed E-state index contributed by atoms with van der Waals surface area (Å²) in [5.74, 6) is -0.149. The second kappa shape index (κ2) is 3.67. The molecule has 1 heterocycles. The van der Waals surface area contributed by atoms with Crippen LogP contribution in [0.1, 0.15) is 11.1 Å². The van der Waals surface area contributed by atoms with Crippen LogP contribution in [0.15, 0.2) is 18.2 Å². The summed E-state index contributed by atoms with van der Waals surface area (Å²) in [6, 6.07) is 5.37. The van der Waals surface area contributed by atoms with Gasteiger partial charge in [0, 0.05) is 19.1 Å². The Morgan fingerprint density at radius 2 is 2.29 bits per heavy atom. The minimum absolute atomic E-state index is 0.149. The van der Waals surface area contributed by atoms with E-state index in [1.54, 1.807) is 6.07 Å². The van der Waals surface area contributed by atoms with Crippen LogP contribution in [0.3, 0.4) is 0 Å². The van der Waals surface area contributed by atoms with E-state index >= 15 is 0 Å². The summed E-state index contributed by atoms with van der Waals surface area (Å²) in [6.45, 7) is 1.50. The monoisotopic (exact) mass is 194 g/mol. The SMILES string of the molecule is CN1Cc2ccc(F)cc2C[C@H]1CN. The third-order valence-electron chi connectivity index (χ3n) is 2.94. The van der Waals surface area contributed by atoms with Crippen LogP contribution in [0.25, 0.3) is 0 Å². The molecule has 0 radical (unpaired) electrons. The summed E-state index contributed by atoms with van der Waals surface area (Å²) in [5.41, 5.74) is 7.98. The molecule has 0 spiro atoms. The maximum Gasteiger partial charge on any atom is 0.123 e. The van der Waals surface area contributed by atoms with E-state index in [0.29, 0.717) is 12.6 Å². The molecular weight excluding hydrogens is 179 g/mol. The number of nitrogens with two attached hydrogens (primary N) is 1. The van der Waals surface area contributed by atoms with E-state index in [-0.39, 0.29) is 5.82 Å². The van der Waals surface area contributed by atoms with Crippen LogP contribution in [0.4, 0.5) is 4.39 Å². The molecule has 3 heteroatoms. The number of halogens is 1. The van der Waals surface area contributed by atoms with Gasteiger partial charge in [-0.1, -0.05) is 6.07 Å². The van der Waals surface area contributed by atoms with Crippen molar-refractivity contribution in [3.8, 4) is 0 Å². The first kappa shape index (κ1) is 9.62. The lowest BCUT2D eigenvalue weighted by Gasteiger charge is -2.33. The summed E-state index contributed by atoms with van der Waals surface area (Å²) in [6.07, 6.45) is 0.861. The lowest BCUT2D eigenvalue weighted by molar-refractivity contribution is 0.220. The van der Waals surface area contributed by atoms with E-state index in [1.807, 2.05) is 6.07 Å². The fraction of sp³-hybridized carbons (Fsp3) is 0.455. The Balaban J connectivity index is 2.31. The average Bonchev–Trinajstić information content (AvgIpc) is 2.17. The van der Waals surface area contributed by atoms with Crippen LogP contribution in [0.5, 0.6) is 0 Å². The van der Waals surface area contributed by atoms with Gasteiger partial charge in [0.2, 0.25) is 0 Å². The highest BCUT2D eigenvalue weighted by molar-refractivity contribution is 5.30. The molecule has 2 N–H and O–H groups in total. The van der Waals surface area contributed by atoms with E-state index in [2.05, 4.69) is 11.9 Å². The summed E-state index contributed by atoms with van der Waals surface area (Å²) in [7, 11) is 2.06. The van der Waals surface area contributed by atoms with Crippen molar-refractivity contribution < 1.29 is 4.39 Å². The Hall–Kier alpha value is -0.930. The number of hydrogen-bond donors (Lipinski definition) is 1. The van der Waals surface area contributed by atoms with Gasteiger partial charge in [0.25, 0.3) is 0 Å². The van der Waals surface area contributed by atoms with Crippen molar-refractivity contribution >= 4 is 0 Å². The molecule has 1 aromatic rings. The van der Waals surface area contributed by atoms with E-state index in [0.717, 1.165) is 18.5 Å². The van der Waals surface area contributed by atoms with Crippen molar-refractivity contribution in [3.63, 3.8) is 0 Å². The Kier molecular flexibility index (Phi) is 2.52. The third kappa shape index (κ3) is 1.65. The summed E-state index contributed by atoms with van der Waals surface area (Å²) < 4.78 is 13.0. The zero-order valence-electron chi connectivity index (χ0n) is 8.33. The van der Waals surface area contributed by atoms with Crippen molar-refractivity contribution in [1.82, 2.24) is 4.90 Å². The molecule has 0 amide bonds. The van der Waals surface area contributed by atoms with Crippen LogP contribution < -0.4 is 5.73 Å². The average molecular weight is 194 g/mol. The first-order valence-corrected chi connectivity index (χ1v) is 4.88. The maximum atomic E-state index is 13.0. The predicted octanol–water partition coefficient (Wildman–Crippen LogP) is 1.14. The molecular formula is C11H15FN2. The predicted molar refractivity (Wildman–Crippen MR) is 54.4 cm³/mol. The minimum Gasteiger partial charge on any atom is -0.329 e. The highest BCUT2D eigenvalue weighted by Gasteiger charge is 2.21. The van der Waals surface area contributed by atoms with E-state index in [9.17, 15) is 4.39 Å². The normalized spacial score (nSPS) is 22.1. The minimum atomic E-state index is -0.149. The van der Waals surface area contributed by atoms with E-state index < -0.39 is 0 Å². The van der Waals surface area contributed by atoms with Gasteiger partial charge in [-0.3, -0.25) is 4.90 Å². The lowest BCUT2D eigenvalue weighted by Crippen LogP contribution is -2.42. The first-order valence-electron chi connectivity index (χ1n) is 4.88. The number of likely N-dealkylation sites (N-methyl/N-ethyl adjacent to an activating group) is 1. The van der Waals surface area contributed by atoms with Crippen molar-refractivity contribution in [3.05, 3.63) is 35.1 Å². The largest absolute Gasteiger partial charge is 0.329 e. The van der Waals surface area contributed by atoms with Gasteiger partial charge in [-0.25, -0.2) is 4.39 Å². The molecule has 0 saturated carbocycles. The van der Waals surface area contributed by atoms with Gasteiger partial charge < -0.3 is 5.73 Å². The molecule has 1 atom stereocenters. The topological polar surface area (TPSA) is 29.3 Å². The van der Waals surface area contributed by atoms with Crippen LogP contribution in [0.2, 0.25) is 0 Å². The number of fused-ring (bicyclic) bond motifs is 1. The molecule has 0 aromatic heterocycles. The molecule has 0 bridgehead atoms. The maximum absolute atomic E-state index is 13.0. The van der Waals surface area contributed by atoms with Crippen molar-refractivity contribution in [2.45, 2.75) is 19.0 Å². The second-order valence-corrected chi connectivity index (χ2v) is 3.92. The van der Waals surface area contributed by atoms with E-state index in [1.165, 1.54) is 11.6 Å². The third-order valence-corrected chi connectivity index (χ3v) is 2.94. The van der Waals surface area contributed by atoms with Gasteiger partial charge in [0.15, 0.2) is 0 Å². The molecule has 1 aromatic carbocycles. The number of rotatable bonds is 1. The number of nitrogens with zero attached hydrogens (tertiary/aromatic N) is 1. The molecule has 0 fully saturated rings. The smallest absolute Gasteiger partial charge is 0.123 e. The fourth-order valence-corrected chi connectivity index (χ4v) is 2.01. The Morgan fingerprint density at radius 3 is 3.00 bits per heavy atom. The Labute approximate surface area is 83.5 Å². The lowest BCUT2D eigenvalue weighted by atomic mass is 9.94. The standard InChI is InChI=1S/C11H15FN2/c1-14-7-8-2-3-10(12)4-9(8)5-11(14)6-13/h2-4,11H,5-7,13H2,1H3/t11-/m0/s1. The molecule has 1 aliphatic heterocycles. The molecule has 14 heavy (non-hydrogen) atoms. The molecule has 0 aliphatic carbocycles.